The molecule has 0 aliphatic rings. The van der Waals surface area contributed by atoms with Gasteiger partial charge in [-0.25, -0.2) is 9.18 Å². The fraction of sp³-hybridized carbons (Fsp3) is 0.0625. The molecule has 3 N–H and O–H groups in total. The number of rotatable bonds is 10. The molecule has 8 nitrogen and oxygen atoms in total. The molecule has 0 fully saturated rings. The van der Waals surface area contributed by atoms with Crippen molar-refractivity contribution < 1.29 is 28.3 Å². The highest BCUT2D eigenvalue weighted by Gasteiger charge is 2.16. The zero-order chi connectivity index (χ0) is 29.9. The molecule has 0 saturated carbocycles. The Morgan fingerprint density at radius 1 is 0.833 bits per heavy atom. The first-order valence-corrected chi connectivity index (χ1v) is 13.7. The zero-order valence-electron chi connectivity index (χ0n) is 22.4. The van der Waals surface area contributed by atoms with Crippen molar-refractivity contribution in [2.45, 2.75) is 4.90 Å². The van der Waals surface area contributed by atoms with Gasteiger partial charge in [-0.05, 0) is 66.2 Å². The molecule has 4 aromatic carbocycles. The number of thioether (sulfide) groups is 1. The number of carbonyl (C=O) groups is 4. The smallest absolute Gasteiger partial charge is 0.339 e. The van der Waals surface area contributed by atoms with Crippen LogP contribution in [0.1, 0.15) is 26.3 Å². The summed E-state index contributed by atoms with van der Waals surface area (Å²) in [5.74, 6) is -2.36. The lowest BCUT2D eigenvalue weighted by Gasteiger charge is -2.12. The molecule has 0 heterocycles. The number of hydrogen-bond donors (Lipinski definition) is 3. The minimum absolute atomic E-state index is 0.0375. The fourth-order valence-electron chi connectivity index (χ4n) is 3.75. The number of methoxy groups -OCH3 is 1. The minimum Gasteiger partial charge on any atom is -0.465 e. The molecule has 212 valence electrons. The van der Waals surface area contributed by atoms with Gasteiger partial charge in [0.15, 0.2) is 0 Å². The molecule has 0 atom stereocenters. The van der Waals surface area contributed by atoms with Crippen LogP contribution in [-0.2, 0) is 14.3 Å². The van der Waals surface area contributed by atoms with E-state index in [2.05, 4.69) is 16.0 Å². The Labute approximate surface area is 246 Å². The van der Waals surface area contributed by atoms with Crippen LogP contribution in [0.25, 0.3) is 6.08 Å². The quantitative estimate of drug-likeness (QED) is 0.124. The molecule has 4 rings (SSSR count). The summed E-state index contributed by atoms with van der Waals surface area (Å²) >= 11 is 1.23. The van der Waals surface area contributed by atoms with E-state index < -0.39 is 23.6 Å². The van der Waals surface area contributed by atoms with E-state index in [4.69, 9.17) is 4.74 Å². The molecule has 0 aromatic heterocycles. The minimum atomic E-state index is -0.595. The van der Waals surface area contributed by atoms with Crippen molar-refractivity contribution in [2.75, 3.05) is 23.5 Å². The fourth-order valence-corrected chi connectivity index (χ4v) is 4.50. The van der Waals surface area contributed by atoms with E-state index in [9.17, 15) is 23.6 Å². The largest absolute Gasteiger partial charge is 0.465 e. The van der Waals surface area contributed by atoms with Gasteiger partial charge in [-0.1, -0.05) is 48.5 Å². The van der Waals surface area contributed by atoms with E-state index in [1.54, 1.807) is 78.9 Å². The van der Waals surface area contributed by atoms with Crippen LogP contribution in [0.5, 0.6) is 0 Å². The Morgan fingerprint density at radius 2 is 1.55 bits per heavy atom. The first kappa shape index (κ1) is 29.8. The number of benzene rings is 4. The van der Waals surface area contributed by atoms with E-state index in [1.807, 2.05) is 0 Å². The van der Waals surface area contributed by atoms with Gasteiger partial charge in [-0.3, -0.25) is 14.4 Å². The van der Waals surface area contributed by atoms with Crippen molar-refractivity contribution in [2.24, 2.45) is 0 Å². The third kappa shape index (κ3) is 8.39. The van der Waals surface area contributed by atoms with Gasteiger partial charge in [0.2, 0.25) is 5.91 Å². The van der Waals surface area contributed by atoms with Gasteiger partial charge in [0.1, 0.15) is 11.5 Å². The van der Waals surface area contributed by atoms with Gasteiger partial charge in [0, 0.05) is 16.1 Å². The number of carbonyl (C=O) groups excluding carboxylic acids is 4. The second kappa shape index (κ2) is 14.4. The molecule has 4 aromatic rings. The summed E-state index contributed by atoms with van der Waals surface area (Å²) in [6.07, 6.45) is 1.45. The van der Waals surface area contributed by atoms with Crippen molar-refractivity contribution in [3.63, 3.8) is 0 Å². The molecule has 3 amide bonds. The summed E-state index contributed by atoms with van der Waals surface area (Å²) in [5, 5.41) is 8.11. The van der Waals surface area contributed by atoms with Gasteiger partial charge in [-0.2, -0.15) is 0 Å². The maximum absolute atomic E-state index is 13.4. The first-order chi connectivity index (χ1) is 20.3. The number of anilines is 2. The van der Waals surface area contributed by atoms with E-state index >= 15 is 0 Å². The van der Waals surface area contributed by atoms with Crippen molar-refractivity contribution in [3.8, 4) is 0 Å². The van der Waals surface area contributed by atoms with Crippen LogP contribution >= 0.6 is 11.8 Å². The van der Waals surface area contributed by atoms with Crippen LogP contribution in [0.15, 0.2) is 114 Å². The second-order valence-electron chi connectivity index (χ2n) is 8.79. The molecule has 10 heteroatoms. The van der Waals surface area contributed by atoms with E-state index in [-0.39, 0.29) is 22.9 Å². The van der Waals surface area contributed by atoms with Crippen LogP contribution in [-0.4, -0.2) is 36.6 Å². The number of ether oxygens (including phenoxy) is 1. The summed E-state index contributed by atoms with van der Waals surface area (Å²) in [6.45, 7) is 0. The number of halogens is 1. The number of esters is 1. The first-order valence-electron chi connectivity index (χ1n) is 12.7. The van der Waals surface area contributed by atoms with Crippen molar-refractivity contribution in [3.05, 3.63) is 131 Å². The third-order valence-corrected chi connectivity index (χ3v) is 6.77. The lowest BCUT2D eigenvalue weighted by atomic mass is 10.1. The Hall–Kier alpha value is -5.22. The van der Waals surface area contributed by atoms with Gasteiger partial charge < -0.3 is 20.7 Å². The Bertz CT molecular complexity index is 1620. The zero-order valence-corrected chi connectivity index (χ0v) is 23.2. The van der Waals surface area contributed by atoms with Crippen LogP contribution in [0, 0.1) is 5.82 Å². The SMILES string of the molecule is COC(=O)c1ccccc1NC(=O)CSc1cccc(NC(=O)/C(=C\c2ccc(F)cc2)NC(=O)c2ccccc2)c1. The van der Waals surface area contributed by atoms with E-state index in [0.717, 1.165) is 0 Å². The topological polar surface area (TPSA) is 114 Å². The summed E-state index contributed by atoms with van der Waals surface area (Å²) in [7, 11) is 1.27. The van der Waals surface area contributed by atoms with E-state index in [0.29, 0.717) is 27.4 Å². The van der Waals surface area contributed by atoms with Crippen LogP contribution < -0.4 is 16.0 Å². The molecule has 0 aliphatic carbocycles. The predicted octanol–water partition coefficient (Wildman–Crippen LogP) is 5.75. The average Bonchev–Trinajstić information content (AvgIpc) is 3.01. The maximum atomic E-state index is 13.4. The highest BCUT2D eigenvalue weighted by molar-refractivity contribution is 8.00. The van der Waals surface area contributed by atoms with Crippen molar-refractivity contribution >= 4 is 52.9 Å². The van der Waals surface area contributed by atoms with Crippen molar-refractivity contribution in [1.29, 1.82) is 0 Å². The summed E-state index contributed by atoms with van der Waals surface area (Å²) in [4.78, 5) is 51.3. The predicted molar refractivity (Wildman–Crippen MR) is 160 cm³/mol. The second-order valence-corrected chi connectivity index (χ2v) is 9.83. The Morgan fingerprint density at radius 3 is 2.29 bits per heavy atom. The molecule has 0 unspecified atom stereocenters. The normalized spacial score (nSPS) is 10.9. The summed E-state index contributed by atoms with van der Waals surface area (Å²) in [5.41, 5.74) is 1.85. The van der Waals surface area contributed by atoms with Crippen LogP contribution in [0.2, 0.25) is 0 Å². The average molecular weight is 584 g/mol. The maximum Gasteiger partial charge on any atom is 0.339 e. The molecule has 0 aliphatic heterocycles. The van der Waals surface area contributed by atoms with Gasteiger partial charge >= 0.3 is 5.97 Å². The van der Waals surface area contributed by atoms with Crippen LogP contribution in [0.3, 0.4) is 0 Å². The number of nitrogens with one attached hydrogen (secondary N) is 3. The highest BCUT2D eigenvalue weighted by Crippen LogP contribution is 2.23. The number of amides is 3. The lowest BCUT2D eigenvalue weighted by molar-refractivity contribution is -0.114. The number of para-hydroxylation sites is 1. The van der Waals surface area contributed by atoms with Crippen molar-refractivity contribution in [1.82, 2.24) is 5.32 Å². The Balaban J connectivity index is 1.44. The summed E-state index contributed by atoms with van der Waals surface area (Å²) in [6, 6.07) is 27.3. The van der Waals surface area contributed by atoms with Crippen LogP contribution in [0.4, 0.5) is 15.8 Å². The monoisotopic (exact) mass is 583 g/mol. The molecule has 0 bridgehead atoms. The third-order valence-electron chi connectivity index (χ3n) is 5.78. The van der Waals surface area contributed by atoms with Gasteiger partial charge in [0.05, 0.1) is 24.1 Å². The molecule has 0 saturated heterocycles. The van der Waals surface area contributed by atoms with E-state index in [1.165, 1.54) is 49.2 Å². The van der Waals surface area contributed by atoms with Gasteiger partial charge in [0.25, 0.3) is 11.8 Å². The lowest BCUT2D eigenvalue weighted by Crippen LogP contribution is -2.30. The molecule has 0 radical (unpaired) electrons. The highest BCUT2D eigenvalue weighted by atomic mass is 32.2. The number of hydrogen-bond acceptors (Lipinski definition) is 6. The Kier molecular flexibility index (Phi) is 10.2. The van der Waals surface area contributed by atoms with Gasteiger partial charge in [-0.15, -0.1) is 11.8 Å². The summed E-state index contributed by atoms with van der Waals surface area (Å²) < 4.78 is 18.2. The molecule has 0 spiro atoms. The standard InChI is InChI=1S/C32H26FN3O5S/c1-41-32(40)26-12-5-6-13-27(26)35-29(37)20-42-25-11-7-10-24(19-25)34-31(39)28(18-21-14-16-23(33)17-15-21)36-30(38)22-8-3-2-4-9-22/h2-19H,20H2,1H3,(H,34,39)(H,35,37)(H,36,38)/b28-18+. The molecular weight excluding hydrogens is 557 g/mol. The molecule has 42 heavy (non-hydrogen) atoms. The molecular formula is C32H26FN3O5S.